The number of carbonyl (C=O) groups excluding carboxylic acids is 1. The molecule has 0 radical (unpaired) electrons. The molecule has 0 saturated heterocycles. The summed E-state index contributed by atoms with van der Waals surface area (Å²) in [7, 11) is 0. The van der Waals surface area contributed by atoms with Crippen LogP contribution in [-0.2, 0) is 4.79 Å². The molecule has 0 fully saturated rings. The molecule has 0 aliphatic rings. The van der Waals surface area contributed by atoms with Crippen molar-refractivity contribution in [3.05, 3.63) is 24.3 Å². The molecule has 4 nitrogen and oxygen atoms in total. The normalized spacial score (nSPS) is 12.2. The second-order valence-corrected chi connectivity index (χ2v) is 5.84. The summed E-state index contributed by atoms with van der Waals surface area (Å²) in [5.41, 5.74) is 0. The fourth-order valence-corrected chi connectivity index (χ4v) is 2.33. The number of ether oxygens (including phenoxy) is 1. The number of aliphatic hydroxyl groups is 1. The van der Waals surface area contributed by atoms with Gasteiger partial charge >= 0.3 is 0 Å². The highest BCUT2D eigenvalue weighted by atomic mass is 32.2. The molecule has 0 bridgehead atoms. The minimum Gasteiger partial charge on any atom is -0.494 e. The van der Waals surface area contributed by atoms with Crippen molar-refractivity contribution in [3.8, 4) is 5.75 Å². The molecule has 0 unspecified atom stereocenters. The smallest absolute Gasteiger partial charge is 0.230 e. The van der Waals surface area contributed by atoms with Gasteiger partial charge in [-0.3, -0.25) is 4.79 Å². The van der Waals surface area contributed by atoms with Crippen LogP contribution in [0.1, 0.15) is 20.8 Å². The quantitative estimate of drug-likeness (QED) is 0.723. The van der Waals surface area contributed by atoms with Crippen LogP contribution in [0.5, 0.6) is 5.75 Å². The topological polar surface area (TPSA) is 58.6 Å². The van der Waals surface area contributed by atoms with Crippen LogP contribution in [0.3, 0.4) is 0 Å². The van der Waals surface area contributed by atoms with Crippen molar-refractivity contribution in [1.29, 1.82) is 0 Å². The molecule has 0 aliphatic carbocycles. The average molecular weight is 297 g/mol. The van der Waals surface area contributed by atoms with Gasteiger partial charge in [0.1, 0.15) is 5.75 Å². The van der Waals surface area contributed by atoms with E-state index < -0.39 is 0 Å². The molecule has 0 aliphatic heterocycles. The Hall–Kier alpha value is -1.20. The zero-order valence-electron chi connectivity index (χ0n) is 12.3. The highest BCUT2D eigenvalue weighted by molar-refractivity contribution is 8.00. The predicted octanol–water partition coefficient (Wildman–Crippen LogP) is 2.31. The van der Waals surface area contributed by atoms with E-state index in [-0.39, 0.29) is 24.5 Å². The van der Waals surface area contributed by atoms with E-state index in [0.717, 1.165) is 10.6 Å². The maximum absolute atomic E-state index is 11.8. The van der Waals surface area contributed by atoms with E-state index >= 15 is 0 Å². The van der Waals surface area contributed by atoms with Crippen LogP contribution in [-0.4, -0.2) is 36.0 Å². The molecule has 0 saturated carbocycles. The summed E-state index contributed by atoms with van der Waals surface area (Å²) in [6.45, 7) is 6.50. The van der Waals surface area contributed by atoms with Crippen molar-refractivity contribution in [3.63, 3.8) is 0 Å². The van der Waals surface area contributed by atoms with E-state index in [4.69, 9.17) is 4.74 Å². The van der Waals surface area contributed by atoms with Gasteiger partial charge in [-0.05, 0) is 37.1 Å². The third kappa shape index (κ3) is 5.84. The highest BCUT2D eigenvalue weighted by Gasteiger charge is 2.14. The van der Waals surface area contributed by atoms with E-state index in [9.17, 15) is 9.90 Å². The molecule has 112 valence electrons. The Kier molecular flexibility index (Phi) is 7.47. The van der Waals surface area contributed by atoms with Gasteiger partial charge in [0.25, 0.3) is 0 Å². The fourth-order valence-electron chi connectivity index (χ4n) is 1.62. The van der Waals surface area contributed by atoms with Crippen molar-refractivity contribution in [2.24, 2.45) is 5.92 Å². The Morgan fingerprint density at radius 3 is 2.50 bits per heavy atom. The van der Waals surface area contributed by atoms with Crippen LogP contribution in [0, 0.1) is 5.92 Å². The number of amides is 1. The van der Waals surface area contributed by atoms with E-state index in [2.05, 4.69) is 5.32 Å². The van der Waals surface area contributed by atoms with Crippen LogP contribution in [0.25, 0.3) is 0 Å². The van der Waals surface area contributed by atoms with Gasteiger partial charge in [-0.1, -0.05) is 13.8 Å². The second-order valence-electron chi connectivity index (χ2n) is 4.79. The van der Waals surface area contributed by atoms with Gasteiger partial charge < -0.3 is 15.2 Å². The van der Waals surface area contributed by atoms with Crippen LogP contribution in [0.15, 0.2) is 29.2 Å². The first-order valence-electron chi connectivity index (χ1n) is 6.82. The average Bonchev–Trinajstić information content (AvgIpc) is 2.44. The van der Waals surface area contributed by atoms with Gasteiger partial charge in [-0.2, -0.15) is 0 Å². The maximum atomic E-state index is 11.8. The largest absolute Gasteiger partial charge is 0.494 e. The van der Waals surface area contributed by atoms with Crippen LogP contribution < -0.4 is 10.1 Å². The number of aliphatic hydroxyl groups excluding tert-OH is 1. The number of carbonyl (C=O) groups is 1. The molecule has 1 aromatic rings. The molecule has 0 spiro atoms. The Balaban J connectivity index is 2.40. The summed E-state index contributed by atoms with van der Waals surface area (Å²) in [5, 5.41) is 12.0. The zero-order chi connectivity index (χ0) is 15.0. The van der Waals surface area contributed by atoms with Gasteiger partial charge in [0.05, 0.1) is 25.0 Å². The molecule has 5 heteroatoms. The summed E-state index contributed by atoms with van der Waals surface area (Å²) in [6.07, 6.45) is 0. The summed E-state index contributed by atoms with van der Waals surface area (Å²) in [4.78, 5) is 12.8. The van der Waals surface area contributed by atoms with Crippen molar-refractivity contribution < 1.29 is 14.6 Å². The number of thioether (sulfide) groups is 1. The SMILES string of the molecule is CCOc1ccc(SCC(=O)N[C@H](CO)C(C)C)cc1. The number of nitrogens with one attached hydrogen (secondary N) is 1. The third-order valence-electron chi connectivity index (χ3n) is 2.85. The lowest BCUT2D eigenvalue weighted by atomic mass is 10.1. The molecular weight excluding hydrogens is 274 g/mol. The first-order chi connectivity index (χ1) is 9.56. The minimum absolute atomic E-state index is 0.0306. The van der Waals surface area contributed by atoms with Gasteiger partial charge in [-0.15, -0.1) is 11.8 Å². The highest BCUT2D eigenvalue weighted by Crippen LogP contribution is 2.21. The zero-order valence-corrected chi connectivity index (χ0v) is 13.1. The Bertz CT molecular complexity index is 406. The van der Waals surface area contributed by atoms with Crippen molar-refractivity contribution in [2.75, 3.05) is 19.0 Å². The molecule has 1 aromatic carbocycles. The number of benzene rings is 1. The van der Waals surface area contributed by atoms with Crippen molar-refractivity contribution in [2.45, 2.75) is 31.7 Å². The van der Waals surface area contributed by atoms with Crippen LogP contribution in [0.4, 0.5) is 0 Å². The van der Waals surface area contributed by atoms with Crippen molar-refractivity contribution in [1.82, 2.24) is 5.32 Å². The predicted molar refractivity (Wildman–Crippen MR) is 82.2 cm³/mol. The lowest BCUT2D eigenvalue weighted by molar-refractivity contribution is -0.119. The summed E-state index contributed by atoms with van der Waals surface area (Å²) in [5.74, 6) is 1.34. The monoisotopic (exact) mass is 297 g/mol. The van der Waals surface area contributed by atoms with Gasteiger partial charge in [0.15, 0.2) is 0 Å². The van der Waals surface area contributed by atoms with Gasteiger partial charge in [0.2, 0.25) is 5.91 Å². The molecular formula is C15H23NO3S. The second kappa shape index (κ2) is 8.87. The first kappa shape index (κ1) is 16.9. The van der Waals surface area contributed by atoms with Crippen LogP contribution >= 0.6 is 11.8 Å². The summed E-state index contributed by atoms with van der Waals surface area (Å²) >= 11 is 1.47. The number of hydrogen-bond acceptors (Lipinski definition) is 4. The molecule has 20 heavy (non-hydrogen) atoms. The molecule has 1 atom stereocenters. The minimum atomic E-state index is -0.177. The standard InChI is InChI=1S/C15H23NO3S/c1-4-19-12-5-7-13(8-6-12)20-10-15(18)16-14(9-17)11(2)3/h5-8,11,14,17H,4,9-10H2,1-3H3,(H,16,18)/t14-/m1/s1. The molecule has 1 rings (SSSR count). The van der Waals surface area contributed by atoms with Gasteiger partial charge in [-0.25, -0.2) is 0 Å². The molecule has 2 N–H and O–H groups in total. The van der Waals surface area contributed by atoms with Crippen LogP contribution in [0.2, 0.25) is 0 Å². The van der Waals surface area contributed by atoms with E-state index in [1.54, 1.807) is 0 Å². The number of rotatable bonds is 8. The lowest BCUT2D eigenvalue weighted by Crippen LogP contribution is -2.41. The molecule has 0 heterocycles. The Morgan fingerprint density at radius 1 is 1.35 bits per heavy atom. The van der Waals surface area contributed by atoms with Crippen molar-refractivity contribution >= 4 is 17.7 Å². The van der Waals surface area contributed by atoms with E-state index in [0.29, 0.717) is 12.4 Å². The molecule has 0 aromatic heterocycles. The molecule has 1 amide bonds. The van der Waals surface area contributed by atoms with Gasteiger partial charge in [0, 0.05) is 4.90 Å². The third-order valence-corrected chi connectivity index (χ3v) is 3.86. The summed E-state index contributed by atoms with van der Waals surface area (Å²) in [6, 6.07) is 7.50. The van der Waals surface area contributed by atoms with E-state index in [1.807, 2.05) is 45.0 Å². The van der Waals surface area contributed by atoms with E-state index in [1.165, 1.54) is 11.8 Å². The Morgan fingerprint density at radius 2 is 2.00 bits per heavy atom. The summed E-state index contributed by atoms with van der Waals surface area (Å²) < 4.78 is 5.36. The lowest BCUT2D eigenvalue weighted by Gasteiger charge is -2.19. The number of hydrogen-bond donors (Lipinski definition) is 2. The fraction of sp³-hybridized carbons (Fsp3) is 0.533. The Labute approximate surface area is 124 Å². The first-order valence-corrected chi connectivity index (χ1v) is 7.81. The maximum Gasteiger partial charge on any atom is 0.230 e.